The molecule has 1 saturated heterocycles. The molecular weight excluding hydrogens is 297 g/mol. The third kappa shape index (κ3) is 6.55. The molecule has 2 atom stereocenters. The van der Waals surface area contributed by atoms with Gasteiger partial charge in [-0.3, -0.25) is 4.90 Å². The first-order valence-corrected chi connectivity index (χ1v) is 8.41. The number of ether oxygens (including phenoxy) is 2. The van der Waals surface area contributed by atoms with Crippen molar-refractivity contribution in [2.45, 2.75) is 51.5 Å². The Balaban J connectivity index is 1.94. The molecule has 2 rings (SSSR count). The van der Waals surface area contributed by atoms with Crippen LogP contribution in [0.4, 0.5) is 4.39 Å². The molecule has 0 saturated carbocycles. The molecule has 0 aromatic heterocycles. The summed E-state index contributed by atoms with van der Waals surface area (Å²) in [5.74, 6) is -0.210. The lowest BCUT2D eigenvalue weighted by molar-refractivity contribution is -0.0173. The van der Waals surface area contributed by atoms with Crippen LogP contribution in [0.5, 0.6) is 0 Å². The van der Waals surface area contributed by atoms with E-state index < -0.39 is 6.10 Å². The van der Waals surface area contributed by atoms with Crippen LogP contribution >= 0.6 is 0 Å². The Bertz CT molecular complexity index is 463. The van der Waals surface area contributed by atoms with Crippen LogP contribution in [0.3, 0.4) is 0 Å². The highest BCUT2D eigenvalue weighted by atomic mass is 19.1. The van der Waals surface area contributed by atoms with Crippen LogP contribution in [-0.4, -0.2) is 54.6 Å². The minimum absolute atomic E-state index is 0.0860. The predicted molar refractivity (Wildman–Crippen MR) is 87.7 cm³/mol. The second-order valence-corrected chi connectivity index (χ2v) is 6.46. The van der Waals surface area contributed by atoms with Crippen LogP contribution in [0.25, 0.3) is 0 Å². The standard InChI is InChI=1S/C18H28FNO3/c1-14(2)23-13-16(21)11-20(12-17-7-5-9-22-17)10-15-6-3-4-8-18(15)19/h3-4,6,8,14,16-17,21H,5,7,9-13H2,1-2H3/t16-,17-/m0/s1. The van der Waals surface area contributed by atoms with E-state index in [2.05, 4.69) is 4.90 Å². The summed E-state index contributed by atoms with van der Waals surface area (Å²) in [6, 6.07) is 6.78. The SMILES string of the molecule is CC(C)OC[C@@H](O)CN(Cc1ccccc1F)C[C@@H]1CCCO1. The van der Waals surface area contributed by atoms with E-state index in [9.17, 15) is 9.50 Å². The molecule has 5 heteroatoms. The van der Waals surface area contributed by atoms with Crippen LogP contribution in [0, 0.1) is 5.82 Å². The minimum Gasteiger partial charge on any atom is -0.389 e. The molecule has 1 aliphatic rings. The van der Waals surface area contributed by atoms with Gasteiger partial charge in [-0.1, -0.05) is 18.2 Å². The molecule has 130 valence electrons. The van der Waals surface area contributed by atoms with Gasteiger partial charge in [-0.2, -0.15) is 0 Å². The number of benzene rings is 1. The van der Waals surface area contributed by atoms with Crippen molar-refractivity contribution >= 4 is 0 Å². The van der Waals surface area contributed by atoms with Crippen molar-refractivity contribution in [2.24, 2.45) is 0 Å². The number of nitrogens with zero attached hydrogens (tertiary/aromatic N) is 1. The lowest BCUT2D eigenvalue weighted by Crippen LogP contribution is -2.39. The van der Waals surface area contributed by atoms with Crippen LogP contribution in [0.2, 0.25) is 0 Å². The minimum atomic E-state index is -0.592. The van der Waals surface area contributed by atoms with Gasteiger partial charge in [-0.25, -0.2) is 4.39 Å². The van der Waals surface area contributed by atoms with Crippen molar-refractivity contribution in [2.75, 3.05) is 26.3 Å². The molecule has 23 heavy (non-hydrogen) atoms. The van der Waals surface area contributed by atoms with Gasteiger partial charge in [-0.05, 0) is 32.8 Å². The Morgan fingerprint density at radius 2 is 2.17 bits per heavy atom. The van der Waals surface area contributed by atoms with Gasteiger partial charge in [-0.15, -0.1) is 0 Å². The van der Waals surface area contributed by atoms with Crippen molar-refractivity contribution in [3.05, 3.63) is 35.6 Å². The van der Waals surface area contributed by atoms with Crippen LogP contribution in [0.15, 0.2) is 24.3 Å². The number of aliphatic hydroxyl groups excluding tert-OH is 1. The Kier molecular flexibility index (Phi) is 7.43. The fourth-order valence-corrected chi connectivity index (χ4v) is 2.80. The molecule has 0 amide bonds. The topological polar surface area (TPSA) is 41.9 Å². The molecule has 1 fully saturated rings. The maximum Gasteiger partial charge on any atom is 0.127 e. The number of hydrogen-bond donors (Lipinski definition) is 1. The van der Waals surface area contributed by atoms with Crippen molar-refractivity contribution in [1.29, 1.82) is 0 Å². The lowest BCUT2D eigenvalue weighted by atomic mass is 10.1. The molecule has 0 unspecified atom stereocenters. The van der Waals surface area contributed by atoms with Crippen molar-refractivity contribution < 1.29 is 19.0 Å². The Morgan fingerprint density at radius 1 is 1.39 bits per heavy atom. The molecule has 4 nitrogen and oxygen atoms in total. The van der Waals surface area contributed by atoms with E-state index in [0.29, 0.717) is 25.2 Å². The molecular formula is C18H28FNO3. The van der Waals surface area contributed by atoms with Gasteiger partial charge in [0.1, 0.15) is 5.82 Å². The van der Waals surface area contributed by atoms with Crippen LogP contribution in [-0.2, 0) is 16.0 Å². The summed E-state index contributed by atoms with van der Waals surface area (Å²) in [6.45, 7) is 6.57. The van der Waals surface area contributed by atoms with Crippen molar-refractivity contribution in [3.8, 4) is 0 Å². The molecule has 1 N–H and O–H groups in total. The summed E-state index contributed by atoms with van der Waals surface area (Å²) in [7, 11) is 0. The Hall–Kier alpha value is -1.01. The number of rotatable bonds is 9. The first kappa shape index (κ1) is 18.3. The first-order valence-electron chi connectivity index (χ1n) is 8.41. The lowest BCUT2D eigenvalue weighted by Gasteiger charge is -2.28. The van der Waals surface area contributed by atoms with Crippen molar-refractivity contribution in [3.63, 3.8) is 0 Å². The van der Waals surface area contributed by atoms with Gasteiger partial charge in [0.25, 0.3) is 0 Å². The highest BCUT2D eigenvalue weighted by molar-refractivity contribution is 5.17. The monoisotopic (exact) mass is 325 g/mol. The summed E-state index contributed by atoms with van der Waals surface area (Å²) in [4.78, 5) is 2.06. The van der Waals surface area contributed by atoms with E-state index in [0.717, 1.165) is 19.4 Å². The maximum atomic E-state index is 13.9. The zero-order valence-electron chi connectivity index (χ0n) is 14.1. The van der Waals surface area contributed by atoms with E-state index in [1.807, 2.05) is 19.9 Å². The molecule has 1 aromatic carbocycles. The molecule has 1 heterocycles. The average Bonchev–Trinajstić information content (AvgIpc) is 3.00. The molecule has 1 aliphatic heterocycles. The van der Waals surface area contributed by atoms with Crippen molar-refractivity contribution in [1.82, 2.24) is 4.90 Å². The molecule has 0 aliphatic carbocycles. The summed E-state index contributed by atoms with van der Waals surface area (Å²) < 4.78 is 25.1. The van der Waals surface area contributed by atoms with Gasteiger partial charge in [0.2, 0.25) is 0 Å². The first-order chi connectivity index (χ1) is 11.0. The fraction of sp³-hybridized carbons (Fsp3) is 0.667. The second kappa shape index (κ2) is 9.33. The maximum absolute atomic E-state index is 13.9. The van der Waals surface area contributed by atoms with Gasteiger partial charge < -0.3 is 14.6 Å². The molecule has 0 radical (unpaired) electrons. The Labute approximate surface area is 138 Å². The normalized spacial score (nSPS) is 19.7. The van der Waals surface area contributed by atoms with E-state index in [1.165, 1.54) is 6.07 Å². The molecule has 0 spiro atoms. The predicted octanol–water partition coefficient (Wildman–Crippen LogP) is 2.59. The Morgan fingerprint density at radius 3 is 2.83 bits per heavy atom. The molecule has 1 aromatic rings. The summed E-state index contributed by atoms with van der Waals surface area (Å²) in [5.41, 5.74) is 0.641. The third-order valence-electron chi connectivity index (χ3n) is 3.93. The third-order valence-corrected chi connectivity index (χ3v) is 3.93. The van der Waals surface area contributed by atoms with E-state index in [1.54, 1.807) is 12.1 Å². The van der Waals surface area contributed by atoms with Gasteiger partial charge >= 0.3 is 0 Å². The highest BCUT2D eigenvalue weighted by Gasteiger charge is 2.22. The number of aliphatic hydroxyl groups is 1. The van der Waals surface area contributed by atoms with Gasteiger partial charge in [0, 0.05) is 31.8 Å². The highest BCUT2D eigenvalue weighted by Crippen LogP contribution is 2.16. The number of halogens is 1. The summed E-state index contributed by atoms with van der Waals surface area (Å²) in [5, 5.41) is 10.2. The zero-order valence-corrected chi connectivity index (χ0v) is 14.1. The fourth-order valence-electron chi connectivity index (χ4n) is 2.80. The summed E-state index contributed by atoms with van der Waals surface area (Å²) in [6.07, 6.45) is 1.75. The average molecular weight is 325 g/mol. The zero-order chi connectivity index (χ0) is 16.7. The van der Waals surface area contributed by atoms with Crippen LogP contribution in [0.1, 0.15) is 32.3 Å². The quantitative estimate of drug-likeness (QED) is 0.758. The van der Waals surface area contributed by atoms with E-state index in [4.69, 9.17) is 9.47 Å². The smallest absolute Gasteiger partial charge is 0.127 e. The van der Waals surface area contributed by atoms with E-state index in [-0.39, 0.29) is 24.6 Å². The summed E-state index contributed by atoms with van der Waals surface area (Å²) >= 11 is 0. The van der Waals surface area contributed by atoms with E-state index >= 15 is 0 Å². The largest absolute Gasteiger partial charge is 0.389 e. The van der Waals surface area contributed by atoms with Gasteiger partial charge in [0.15, 0.2) is 0 Å². The second-order valence-electron chi connectivity index (χ2n) is 6.46. The van der Waals surface area contributed by atoms with Crippen LogP contribution < -0.4 is 0 Å². The molecule has 0 bridgehead atoms. The number of hydrogen-bond acceptors (Lipinski definition) is 4. The van der Waals surface area contributed by atoms with Gasteiger partial charge in [0.05, 0.1) is 24.9 Å².